The molecular weight excluding hydrogens is 432 g/mol. The highest BCUT2D eigenvalue weighted by atomic mass is 35.5. The second-order valence-electron chi connectivity index (χ2n) is 7.09. The van der Waals surface area contributed by atoms with Gasteiger partial charge in [-0.1, -0.05) is 47.6 Å². The van der Waals surface area contributed by atoms with Crippen molar-refractivity contribution in [2.45, 2.75) is 25.5 Å². The molecule has 4 rings (SSSR count). The van der Waals surface area contributed by atoms with E-state index in [0.717, 1.165) is 22.4 Å². The number of aryl methyl sites for hydroxylation is 2. The van der Waals surface area contributed by atoms with Gasteiger partial charge in [0.25, 0.3) is 0 Å². The summed E-state index contributed by atoms with van der Waals surface area (Å²) in [6.07, 6.45) is 1.58. The van der Waals surface area contributed by atoms with Crippen LogP contribution in [0.2, 0.25) is 5.02 Å². The van der Waals surface area contributed by atoms with Gasteiger partial charge in [0.1, 0.15) is 5.76 Å². The Morgan fingerprint density at radius 1 is 1.13 bits per heavy atom. The number of amides is 1. The second-order valence-corrected chi connectivity index (χ2v) is 8.47. The first-order chi connectivity index (χ1) is 15.0. The standard InChI is InChI=1S/C23H21ClN4O2S/c1-15-8-9-16(2)20(11-15)28-22(17-5-3-6-18(24)12-17)26-27-23(28)31-14-21(29)25-13-19-7-4-10-30-19/h3-12H,13-14H2,1-2H3,(H,25,29). The molecular formula is C23H21ClN4O2S. The number of benzene rings is 2. The van der Waals surface area contributed by atoms with Gasteiger partial charge in [0.05, 0.1) is 24.2 Å². The zero-order valence-electron chi connectivity index (χ0n) is 17.1. The molecule has 0 bridgehead atoms. The van der Waals surface area contributed by atoms with Gasteiger partial charge in [-0.2, -0.15) is 0 Å². The molecule has 31 heavy (non-hydrogen) atoms. The summed E-state index contributed by atoms with van der Waals surface area (Å²) in [7, 11) is 0. The van der Waals surface area contributed by atoms with Crippen LogP contribution in [-0.2, 0) is 11.3 Å². The zero-order chi connectivity index (χ0) is 21.8. The lowest BCUT2D eigenvalue weighted by molar-refractivity contribution is -0.118. The smallest absolute Gasteiger partial charge is 0.230 e. The van der Waals surface area contributed by atoms with Gasteiger partial charge in [-0.3, -0.25) is 9.36 Å². The molecule has 158 valence electrons. The Morgan fingerprint density at radius 2 is 2.00 bits per heavy atom. The van der Waals surface area contributed by atoms with E-state index in [4.69, 9.17) is 16.0 Å². The van der Waals surface area contributed by atoms with Gasteiger partial charge in [0.2, 0.25) is 5.91 Å². The SMILES string of the molecule is Cc1ccc(C)c(-n2c(SCC(=O)NCc3ccco3)nnc2-c2cccc(Cl)c2)c1. The van der Waals surface area contributed by atoms with Crippen LogP contribution in [0.1, 0.15) is 16.9 Å². The van der Waals surface area contributed by atoms with Crippen LogP contribution in [0.25, 0.3) is 17.1 Å². The van der Waals surface area contributed by atoms with Crippen LogP contribution in [0.5, 0.6) is 0 Å². The Morgan fingerprint density at radius 3 is 2.77 bits per heavy atom. The van der Waals surface area contributed by atoms with E-state index in [2.05, 4.69) is 33.7 Å². The first-order valence-corrected chi connectivity index (χ1v) is 11.1. The molecule has 0 saturated carbocycles. The fourth-order valence-corrected chi connectivity index (χ4v) is 4.10. The van der Waals surface area contributed by atoms with Crippen molar-refractivity contribution < 1.29 is 9.21 Å². The predicted molar refractivity (Wildman–Crippen MR) is 123 cm³/mol. The van der Waals surface area contributed by atoms with Crippen LogP contribution in [0.15, 0.2) is 70.4 Å². The van der Waals surface area contributed by atoms with Crippen molar-refractivity contribution in [3.63, 3.8) is 0 Å². The number of halogens is 1. The lowest BCUT2D eigenvalue weighted by atomic mass is 10.1. The maximum Gasteiger partial charge on any atom is 0.230 e. The quantitative estimate of drug-likeness (QED) is 0.390. The van der Waals surface area contributed by atoms with Gasteiger partial charge >= 0.3 is 0 Å². The summed E-state index contributed by atoms with van der Waals surface area (Å²) in [6, 6.07) is 17.3. The molecule has 1 N–H and O–H groups in total. The van der Waals surface area contributed by atoms with Crippen LogP contribution >= 0.6 is 23.4 Å². The van der Waals surface area contributed by atoms with Crippen LogP contribution in [0.4, 0.5) is 0 Å². The van der Waals surface area contributed by atoms with E-state index in [0.29, 0.717) is 28.3 Å². The molecule has 6 nitrogen and oxygen atoms in total. The van der Waals surface area contributed by atoms with E-state index in [1.54, 1.807) is 12.3 Å². The summed E-state index contributed by atoms with van der Waals surface area (Å²) in [4.78, 5) is 12.4. The topological polar surface area (TPSA) is 73.0 Å². The van der Waals surface area contributed by atoms with Crippen molar-refractivity contribution in [2.24, 2.45) is 0 Å². The van der Waals surface area contributed by atoms with Gasteiger partial charge in [-0.15, -0.1) is 10.2 Å². The van der Waals surface area contributed by atoms with E-state index < -0.39 is 0 Å². The fourth-order valence-electron chi connectivity index (χ4n) is 3.14. The molecule has 8 heteroatoms. The molecule has 1 amide bonds. The van der Waals surface area contributed by atoms with E-state index in [-0.39, 0.29) is 11.7 Å². The number of aromatic nitrogens is 3. The highest BCUT2D eigenvalue weighted by Crippen LogP contribution is 2.31. The van der Waals surface area contributed by atoms with Crippen LogP contribution < -0.4 is 5.32 Å². The lowest BCUT2D eigenvalue weighted by Crippen LogP contribution is -2.24. The fraction of sp³-hybridized carbons (Fsp3) is 0.174. The maximum atomic E-state index is 12.4. The summed E-state index contributed by atoms with van der Waals surface area (Å²) >= 11 is 7.55. The third-order valence-corrected chi connectivity index (χ3v) is 5.86. The predicted octanol–water partition coefficient (Wildman–Crippen LogP) is 5.21. The number of carbonyl (C=O) groups is 1. The van der Waals surface area contributed by atoms with Crippen molar-refractivity contribution in [2.75, 3.05) is 5.75 Å². The summed E-state index contributed by atoms with van der Waals surface area (Å²) in [6.45, 7) is 4.44. The minimum atomic E-state index is -0.110. The van der Waals surface area contributed by atoms with Gasteiger partial charge < -0.3 is 9.73 Å². The van der Waals surface area contributed by atoms with Crippen LogP contribution in [0.3, 0.4) is 0 Å². The van der Waals surface area contributed by atoms with Crippen LogP contribution in [-0.4, -0.2) is 26.4 Å². The summed E-state index contributed by atoms with van der Waals surface area (Å²) in [5.74, 6) is 1.48. The molecule has 0 fully saturated rings. The van der Waals surface area contributed by atoms with Gasteiger partial charge in [-0.25, -0.2) is 0 Å². The van der Waals surface area contributed by atoms with E-state index in [1.165, 1.54) is 11.8 Å². The second kappa shape index (κ2) is 9.41. The first kappa shape index (κ1) is 21.2. The Balaban J connectivity index is 1.63. The number of rotatable bonds is 7. The number of nitrogens with zero attached hydrogens (tertiary/aromatic N) is 3. The number of nitrogens with one attached hydrogen (secondary N) is 1. The molecule has 2 heterocycles. The van der Waals surface area contributed by atoms with E-state index in [1.807, 2.05) is 48.7 Å². The Kier molecular flexibility index (Phi) is 6.44. The molecule has 2 aromatic carbocycles. The molecule has 0 saturated heterocycles. The first-order valence-electron chi connectivity index (χ1n) is 9.72. The number of hydrogen-bond donors (Lipinski definition) is 1. The number of furan rings is 1. The molecule has 0 radical (unpaired) electrons. The minimum absolute atomic E-state index is 0.110. The molecule has 0 aliphatic rings. The van der Waals surface area contributed by atoms with E-state index >= 15 is 0 Å². The normalized spacial score (nSPS) is 10.9. The highest BCUT2D eigenvalue weighted by Gasteiger charge is 2.19. The highest BCUT2D eigenvalue weighted by molar-refractivity contribution is 7.99. The molecule has 0 spiro atoms. The average Bonchev–Trinajstić information content (AvgIpc) is 3.42. The van der Waals surface area contributed by atoms with Gasteiger partial charge in [-0.05, 0) is 55.3 Å². The Bertz CT molecular complexity index is 1200. The summed E-state index contributed by atoms with van der Waals surface area (Å²) in [5, 5.41) is 12.9. The minimum Gasteiger partial charge on any atom is -0.467 e. The molecule has 0 atom stereocenters. The number of thioether (sulfide) groups is 1. The van der Waals surface area contributed by atoms with Gasteiger partial charge in [0.15, 0.2) is 11.0 Å². The van der Waals surface area contributed by atoms with Crippen molar-refractivity contribution in [1.82, 2.24) is 20.1 Å². The van der Waals surface area contributed by atoms with Crippen LogP contribution in [0, 0.1) is 13.8 Å². The summed E-state index contributed by atoms with van der Waals surface area (Å²) < 4.78 is 7.24. The molecule has 0 unspecified atom stereocenters. The molecule has 0 aliphatic carbocycles. The largest absolute Gasteiger partial charge is 0.467 e. The third kappa shape index (κ3) is 5.00. The van der Waals surface area contributed by atoms with Crippen molar-refractivity contribution in [3.8, 4) is 17.1 Å². The molecule has 2 aromatic heterocycles. The molecule has 0 aliphatic heterocycles. The average molecular weight is 453 g/mol. The molecule has 4 aromatic rings. The Hall–Kier alpha value is -3.03. The third-order valence-electron chi connectivity index (χ3n) is 4.69. The summed E-state index contributed by atoms with van der Waals surface area (Å²) in [5.41, 5.74) is 4.03. The van der Waals surface area contributed by atoms with Crippen molar-refractivity contribution in [1.29, 1.82) is 0 Å². The lowest BCUT2D eigenvalue weighted by Gasteiger charge is -2.14. The van der Waals surface area contributed by atoms with Crippen molar-refractivity contribution in [3.05, 3.63) is 82.8 Å². The zero-order valence-corrected chi connectivity index (χ0v) is 18.7. The number of carbonyl (C=O) groups excluding carboxylic acids is 1. The van der Waals surface area contributed by atoms with Gasteiger partial charge in [0, 0.05) is 10.6 Å². The monoisotopic (exact) mass is 452 g/mol. The van der Waals surface area contributed by atoms with E-state index in [9.17, 15) is 4.79 Å². The van der Waals surface area contributed by atoms with Crippen molar-refractivity contribution >= 4 is 29.3 Å². The maximum absolute atomic E-state index is 12.4. The number of hydrogen-bond acceptors (Lipinski definition) is 5. The Labute approximate surface area is 189 Å².